The van der Waals surface area contributed by atoms with E-state index >= 15 is 0 Å². The van der Waals surface area contributed by atoms with Gasteiger partial charge in [0.05, 0.1) is 4.88 Å². The number of ether oxygens (including phenoxy) is 1. The Balaban J connectivity index is 1.54. The molecule has 2 unspecified atom stereocenters. The van der Waals surface area contributed by atoms with Crippen LogP contribution in [-0.2, 0) is 4.74 Å². The highest BCUT2D eigenvalue weighted by Crippen LogP contribution is 2.34. The van der Waals surface area contributed by atoms with Gasteiger partial charge in [0.1, 0.15) is 12.1 Å². The number of amides is 1. The summed E-state index contributed by atoms with van der Waals surface area (Å²) in [4.78, 5) is 19.7. The minimum atomic E-state index is -0.114. The lowest BCUT2D eigenvalue weighted by atomic mass is 10.2. The van der Waals surface area contributed by atoms with Crippen LogP contribution >= 0.6 is 11.3 Å². The van der Waals surface area contributed by atoms with E-state index in [1.807, 2.05) is 22.4 Å². The van der Waals surface area contributed by atoms with Gasteiger partial charge in [0.2, 0.25) is 11.7 Å². The lowest BCUT2D eigenvalue weighted by molar-refractivity contribution is 0.0715. The Morgan fingerprint density at radius 1 is 1.36 bits per heavy atom. The molecule has 2 atom stereocenters. The Labute approximate surface area is 132 Å². The van der Waals surface area contributed by atoms with Crippen molar-refractivity contribution in [1.29, 1.82) is 0 Å². The second kappa shape index (κ2) is 5.81. The Morgan fingerprint density at radius 2 is 2.32 bits per heavy atom. The van der Waals surface area contributed by atoms with Crippen molar-refractivity contribution in [3.05, 3.63) is 34.1 Å². The first-order chi connectivity index (χ1) is 10.8. The van der Waals surface area contributed by atoms with Crippen LogP contribution in [0.2, 0.25) is 0 Å². The molecule has 2 aromatic rings. The molecule has 0 saturated carbocycles. The van der Waals surface area contributed by atoms with Gasteiger partial charge >= 0.3 is 0 Å². The van der Waals surface area contributed by atoms with Crippen LogP contribution < -0.4 is 0 Å². The Bertz CT molecular complexity index is 649. The Morgan fingerprint density at radius 3 is 3.09 bits per heavy atom. The summed E-state index contributed by atoms with van der Waals surface area (Å²) < 4.78 is 11.0. The standard InChI is InChI=1S/C15H17N3O3S/c19-15(12-6-3-9-22-12)18-7-1-4-10(18)14-16-13(17-21-14)11-5-2-8-20-11/h3,6,9-11H,1-2,4-5,7-8H2. The van der Waals surface area contributed by atoms with Crippen molar-refractivity contribution >= 4 is 17.2 Å². The van der Waals surface area contributed by atoms with Crippen LogP contribution in [0.4, 0.5) is 0 Å². The third-order valence-electron chi connectivity index (χ3n) is 4.21. The Hall–Kier alpha value is -1.73. The zero-order chi connectivity index (χ0) is 14.9. The number of thiophene rings is 1. The second-order valence-electron chi connectivity index (χ2n) is 5.63. The van der Waals surface area contributed by atoms with E-state index < -0.39 is 0 Å². The monoisotopic (exact) mass is 319 g/mol. The van der Waals surface area contributed by atoms with E-state index in [1.165, 1.54) is 11.3 Å². The number of hydrogen-bond donors (Lipinski definition) is 0. The van der Waals surface area contributed by atoms with Crippen LogP contribution in [0.15, 0.2) is 22.0 Å². The maximum Gasteiger partial charge on any atom is 0.264 e. The molecule has 2 saturated heterocycles. The first-order valence-corrected chi connectivity index (χ1v) is 8.50. The summed E-state index contributed by atoms with van der Waals surface area (Å²) in [6, 6.07) is 3.64. The molecule has 2 aliphatic heterocycles. The molecule has 0 aromatic carbocycles. The van der Waals surface area contributed by atoms with E-state index in [1.54, 1.807) is 0 Å². The molecular formula is C15H17N3O3S. The van der Waals surface area contributed by atoms with E-state index in [0.717, 1.165) is 43.7 Å². The van der Waals surface area contributed by atoms with Crippen molar-refractivity contribution in [1.82, 2.24) is 15.0 Å². The summed E-state index contributed by atoms with van der Waals surface area (Å²) in [6.45, 7) is 1.49. The van der Waals surface area contributed by atoms with E-state index in [2.05, 4.69) is 10.1 Å². The van der Waals surface area contributed by atoms with E-state index in [0.29, 0.717) is 11.7 Å². The number of hydrogen-bond acceptors (Lipinski definition) is 6. The number of carbonyl (C=O) groups is 1. The van der Waals surface area contributed by atoms with Gasteiger partial charge in [-0.05, 0) is 37.1 Å². The van der Waals surface area contributed by atoms with Crippen LogP contribution in [0.25, 0.3) is 0 Å². The summed E-state index contributed by atoms with van der Waals surface area (Å²) in [6.07, 6.45) is 3.73. The Kier molecular flexibility index (Phi) is 3.67. The first-order valence-electron chi connectivity index (χ1n) is 7.62. The van der Waals surface area contributed by atoms with Crippen molar-refractivity contribution in [2.45, 2.75) is 37.8 Å². The van der Waals surface area contributed by atoms with Gasteiger partial charge in [0.25, 0.3) is 5.91 Å². The van der Waals surface area contributed by atoms with Gasteiger partial charge in [-0.25, -0.2) is 0 Å². The van der Waals surface area contributed by atoms with Crippen LogP contribution in [0, 0.1) is 0 Å². The molecule has 4 rings (SSSR count). The molecule has 0 bridgehead atoms. The van der Waals surface area contributed by atoms with Gasteiger partial charge in [-0.1, -0.05) is 11.2 Å². The summed E-state index contributed by atoms with van der Waals surface area (Å²) in [5, 5.41) is 5.97. The largest absolute Gasteiger partial charge is 0.370 e. The lowest BCUT2D eigenvalue weighted by Crippen LogP contribution is -2.30. The van der Waals surface area contributed by atoms with E-state index in [-0.39, 0.29) is 18.1 Å². The quantitative estimate of drug-likeness (QED) is 0.870. The molecular weight excluding hydrogens is 302 g/mol. The zero-order valence-corrected chi connectivity index (χ0v) is 12.9. The number of carbonyl (C=O) groups excluding carboxylic acids is 1. The fourth-order valence-electron chi connectivity index (χ4n) is 3.10. The smallest absolute Gasteiger partial charge is 0.264 e. The average Bonchev–Trinajstić information content (AvgIpc) is 3.35. The fraction of sp³-hybridized carbons (Fsp3) is 0.533. The third-order valence-corrected chi connectivity index (χ3v) is 5.06. The predicted octanol–water partition coefficient (Wildman–Crippen LogP) is 2.96. The highest BCUT2D eigenvalue weighted by molar-refractivity contribution is 7.12. The van der Waals surface area contributed by atoms with Gasteiger partial charge in [-0.2, -0.15) is 4.98 Å². The first kappa shape index (κ1) is 13.9. The van der Waals surface area contributed by atoms with Gasteiger partial charge < -0.3 is 14.2 Å². The second-order valence-corrected chi connectivity index (χ2v) is 6.57. The minimum Gasteiger partial charge on any atom is -0.370 e. The van der Waals surface area contributed by atoms with Crippen LogP contribution in [0.5, 0.6) is 0 Å². The molecule has 2 aromatic heterocycles. The van der Waals surface area contributed by atoms with Crippen LogP contribution in [-0.4, -0.2) is 34.1 Å². The van der Waals surface area contributed by atoms with Gasteiger partial charge in [-0.15, -0.1) is 11.3 Å². The fourth-order valence-corrected chi connectivity index (χ4v) is 3.78. The number of nitrogens with zero attached hydrogens (tertiary/aromatic N) is 3. The van der Waals surface area contributed by atoms with Gasteiger partial charge in [0.15, 0.2) is 0 Å². The van der Waals surface area contributed by atoms with Gasteiger partial charge in [0, 0.05) is 13.2 Å². The maximum atomic E-state index is 12.6. The minimum absolute atomic E-state index is 0.0503. The zero-order valence-electron chi connectivity index (χ0n) is 12.1. The van der Waals surface area contributed by atoms with Crippen molar-refractivity contribution in [3.63, 3.8) is 0 Å². The topological polar surface area (TPSA) is 68.5 Å². The summed E-state index contributed by atoms with van der Waals surface area (Å²) >= 11 is 1.46. The third kappa shape index (κ3) is 2.44. The molecule has 0 radical (unpaired) electrons. The van der Waals surface area contributed by atoms with Crippen LogP contribution in [0.1, 0.15) is 59.2 Å². The van der Waals surface area contributed by atoms with Crippen molar-refractivity contribution < 1.29 is 14.1 Å². The molecule has 7 heteroatoms. The normalized spacial score (nSPS) is 25.0. The molecule has 0 aliphatic carbocycles. The molecule has 1 amide bonds. The number of aromatic nitrogens is 2. The summed E-state index contributed by atoms with van der Waals surface area (Å²) in [7, 11) is 0. The molecule has 4 heterocycles. The highest BCUT2D eigenvalue weighted by Gasteiger charge is 2.35. The van der Waals surface area contributed by atoms with E-state index in [9.17, 15) is 4.79 Å². The molecule has 2 aliphatic rings. The number of likely N-dealkylation sites (tertiary alicyclic amines) is 1. The van der Waals surface area contributed by atoms with Gasteiger partial charge in [-0.3, -0.25) is 4.79 Å². The highest BCUT2D eigenvalue weighted by atomic mass is 32.1. The summed E-state index contributed by atoms with van der Waals surface area (Å²) in [5.74, 6) is 1.20. The average molecular weight is 319 g/mol. The SMILES string of the molecule is O=C(c1cccs1)N1CCCC1c1nc(C2CCCO2)no1. The maximum absolute atomic E-state index is 12.6. The molecule has 2 fully saturated rings. The lowest BCUT2D eigenvalue weighted by Gasteiger charge is -2.21. The van der Waals surface area contributed by atoms with Crippen LogP contribution in [0.3, 0.4) is 0 Å². The molecule has 116 valence electrons. The number of rotatable bonds is 3. The predicted molar refractivity (Wildman–Crippen MR) is 79.6 cm³/mol. The molecule has 0 N–H and O–H groups in total. The van der Waals surface area contributed by atoms with Crippen molar-refractivity contribution in [2.24, 2.45) is 0 Å². The molecule has 22 heavy (non-hydrogen) atoms. The van der Waals surface area contributed by atoms with Crippen molar-refractivity contribution in [2.75, 3.05) is 13.2 Å². The van der Waals surface area contributed by atoms with E-state index in [4.69, 9.17) is 9.26 Å². The molecule has 0 spiro atoms. The summed E-state index contributed by atoms with van der Waals surface area (Å²) in [5.41, 5.74) is 0. The molecule has 6 nitrogen and oxygen atoms in total. The van der Waals surface area contributed by atoms with Crippen molar-refractivity contribution in [3.8, 4) is 0 Å².